The lowest BCUT2D eigenvalue weighted by molar-refractivity contribution is -0.113. The molecule has 0 fully saturated rings. The molecule has 35 heavy (non-hydrogen) atoms. The lowest BCUT2D eigenvalue weighted by atomic mass is 9.95. The van der Waals surface area contributed by atoms with E-state index in [9.17, 15) is 9.18 Å². The van der Waals surface area contributed by atoms with Gasteiger partial charge in [0.15, 0.2) is 0 Å². The molecular weight excluding hydrogens is 485 g/mol. The van der Waals surface area contributed by atoms with E-state index in [-0.39, 0.29) is 17.5 Å². The minimum Gasteiger partial charge on any atom is -0.328 e. The highest BCUT2D eigenvalue weighted by Crippen LogP contribution is 2.37. The van der Waals surface area contributed by atoms with Crippen molar-refractivity contribution < 1.29 is 9.18 Å². The maximum Gasteiger partial charge on any atom is 0.255 e. The molecule has 1 atom stereocenters. The van der Waals surface area contributed by atoms with Gasteiger partial charge in [0.05, 0.1) is 5.57 Å². The number of thioether (sulfide) groups is 1. The zero-order chi connectivity index (χ0) is 24.4. The molecule has 4 aromatic rings. The third-order valence-electron chi connectivity index (χ3n) is 5.63. The number of rotatable bonds is 6. The Bertz CT molecular complexity index is 1390. The number of nitrogens with one attached hydrogen (secondary N) is 2. The van der Waals surface area contributed by atoms with Gasteiger partial charge in [-0.05, 0) is 36.8 Å². The lowest BCUT2D eigenvalue weighted by Gasteiger charge is -2.28. The van der Waals surface area contributed by atoms with Crippen molar-refractivity contribution in [3.63, 3.8) is 0 Å². The molecule has 0 aliphatic carbocycles. The number of amides is 1. The summed E-state index contributed by atoms with van der Waals surface area (Å²) in [5.74, 6) is 0.184. The molecule has 5 rings (SSSR count). The molecule has 0 spiro atoms. The monoisotopic (exact) mass is 505 g/mol. The third-order valence-corrected chi connectivity index (χ3v) is 6.85. The van der Waals surface area contributed by atoms with Crippen LogP contribution in [0.2, 0.25) is 5.02 Å². The average molecular weight is 506 g/mol. The Hall–Kier alpha value is -3.62. The zero-order valence-corrected chi connectivity index (χ0v) is 20.3. The number of carbonyl (C=O) groups is 1. The topological polar surface area (TPSA) is 71.8 Å². The molecule has 0 bridgehead atoms. The Kier molecular flexibility index (Phi) is 6.57. The Labute approximate surface area is 211 Å². The van der Waals surface area contributed by atoms with Crippen LogP contribution in [0.5, 0.6) is 0 Å². The van der Waals surface area contributed by atoms with E-state index in [2.05, 4.69) is 20.7 Å². The predicted octanol–water partition coefficient (Wildman–Crippen LogP) is 6.29. The first-order chi connectivity index (χ1) is 17.0. The molecule has 1 unspecified atom stereocenters. The molecule has 0 saturated carbocycles. The molecule has 176 valence electrons. The highest BCUT2D eigenvalue weighted by atomic mass is 35.5. The van der Waals surface area contributed by atoms with Gasteiger partial charge in [0, 0.05) is 27.7 Å². The van der Waals surface area contributed by atoms with Gasteiger partial charge in [0.2, 0.25) is 11.1 Å². The molecule has 0 radical (unpaired) electrons. The second-order valence-corrected chi connectivity index (χ2v) is 9.30. The summed E-state index contributed by atoms with van der Waals surface area (Å²) in [7, 11) is 0. The average Bonchev–Trinajstić information content (AvgIpc) is 3.26. The Morgan fingerprint density at radius 3 is 2.51 bits per heavy atom. The summed E-state index contributed by atoms with van der Waals surface area (Å²) in [5.41, 5.74) is 3.21. The molecule has 1 aliphatic heterocycles. The van der Waals surface area contributed by atoms with Crippen molar-refractivity contribution >= 4 is 40.9 Å². The minimum atomic E-state index is -0.491. The van der Waals surface area contributed by atoms with E-state index < -0.39 is 6.04 Å². The largest absolute Gasteiger partial charge is 0.328 e. The zero-order valence-electron chi connectivity index (χ0n) is 18.7. The van der Waals surface area contributed by atoms with Crippen molar-refractivity contribution in [2.24, 2.45) is 0 Å². The van der Waals surface area contributed by atoms with Gasteiger partial charge in [-0.3, -0.25) is 4.79 Å². The number of para-hydroxylation sites is 1. The fraction of sp³-hybridized carbons (Fsp3) is 0.115. The van der Waals surface area contributed by atoms with Crippen molar-refractivity contribution in [3.8, 4) is 0 Å². The number of carbonyl (C=O) groups excluding carboxylic acids is 1. The van der Waals surface area contributed by atoms with Gasteiger partial charge < -0.3 is 10.6 Å². The van der Waals surface area contributed by atoms with E-state index >= 15 is 0 Å². The quantitative estimate of drug-likeness (QED) is 0.301. The number of anilines is 2. The molecular formula is C26H21ClFN5OS. The van der Waals surface area contributed by atoms with E-state index in [4.69, 9.17) is 11.6 Å². The van der Waals surface area contributed by atoms with Crippen molar-refractivity contribution in [2.45, 2.75) is 23.9 Å². The number of hydrogen-bond donors (Lipinski definition) is 2. The molecule has 1 aromatic heterocycles. The molecule has 0 saturated heterocycles. The Balaban J connectivity index is 1.48. The summed E-state index contributed by atoms with van der Waals surface area (Å²) in [6, 6.07) is 23.1. The maximum absolute atomic E-state index is 14.2. The number of fused-ring (bicyclic) bond motifs is 1. The number of halogens is 2. The van der Waals surface area contributed by atoms with Crippen LogP contribution >= 0.6 is 23.4 Å². The van der Waals surface area contributed by atoms with Crippen molar-refractivity contribution in [1.82, 2.24) is 14.8 Å². The highest BCUT2D eigenvalue weighted by molar-refractivity contribution is 7.98. The fourth-order valence-electron chi connectivity index (χ4n) is 3.96. The van der Waals surface area contributed by atoms with Crippen LogP contribution in [0, 0.1) is 5.82 Å². The lowest BCUT2D eigenvalue weighted by Crippen LogP contribution is -2.31. The van der Waals surface area contributed by atoms with E-state index in [1.54, 1.807) is 16.8 Å². The van der Waals surface area contributed by atoms with Crippen LogP contribution in [-0.2, 0) is 10.5 Å². The van der Waals surface area contributed by atoms with Crippen molar-refractivity contribution in [1.29, 1.82) is 0 Å². The smallest absolute Gasteiger partial charge is 0.255 e. The highest BCUT2D eigenvalue weighted by Gasteiger charge is 2.34. The fourth-order valence-corrected chi connectivity index (χ4v) is 5.13. The number of benzene rings is 3. The van der Waals surface area contributed by atoms with Gasteiger partial charge >= 0.3 is 0 Å². The molecule has 1 amide bonds. The standard InChI is InChI=1S/C26H21ClFN5OS/c1-16-22(24(34)30-18-11-6-3-7-12-18)23(17-9-4-2-5-10-17)33-25(29-16)31-26(32-33)35-15-19-20(27)13-8-14-21(19)28/h2-14,23H,15H2,1H3,(H,30,34)(H,29,31,32). The normalized spacial score (nSPS) is 14.9. The van der Waals surface area contributed by atoms with E-state index in [0.717, 1.165) is 5.56 Å². The minimum absolute atomic E-state index is 0.233. The summed E-state index contributed by atoms with van der Waals surface area (Å²) >= 11 is 7.46. The predicted molar refractivity (Wildman–Crippen MR) is 137 cm³/mol. The third kappa shape index (κ3) is 4.80. The van der Waals surface area contributed by atoms with E-state index in [0.29, 0.717) is 38.6 Å². The van der Waals surface area contributed by atoms with Crippen molar-refractivity contribution in [3.05, 3.63) is 112 Å². The van der Waals surface area contributed by atoms with Gasteiger partial charge in [-0.25, -0.2) is 9.07 Å². The second-order valence-electron chi connectivity index (χ2n) is 7.95. The molecule has 6 nitrogen and oxygen atoms in total. The summed E-state index contributed by atoms with van der Waals surface area (Å²) in [6.45, 7) is 1.85. The molecule has 9 heteroatoms. The van der Waals surface area contributed by atoms with Gasteiger partial charge in [-0.1, -0.05) is 78.0 Å². The van der Waals surface area contributed by atoms with Gasteiger partial charge in [-0.2, -0.15) is 4.98 Å². The van der Waals surface area contributed by atoms with Gasteiger partial charge in [-0.15, -0.1) is 5.10 Å². The number of allylic oxidation sites excluding steroid dienone is 1. The van der Waals surface area contributed by atoms with E-state index in [1.165, 1.54) is 17.8 Å². The van der Waals surface area contributed by atoms with Crippen LogP contribution in [0.1, 0.15) is 24.1 Å². The first-order valence-electron chi connectivity index (χ1n) is 10.9. The van der Waals surface area contributed by atoms with Crippen LogP contribution in [0.4, 0.5) is 16.0 Å². The summed E-state index contributed by atoms with van der Waals surface area (Å²) < 4.78 is 15.9. The number of nitrogens with zero attached hydrogens (tertiary/aromatic N) is 3. The molecule has 2 N–H and O–H groups in total. The SMILES string of the molecule is CC1=C(C(=O)Nc2ccccc2)C(c2ccccc2)n2nc(SCc3c(F)cccc3Cl)nc2N1. The van der Waals surface area contributed by atoms with Crippen LogP contribution < -0.4 is 10.6 Å². The summed E-state index contributed by atoms with van der Waals surface area (Å²) in [5, 5.41) is 11.7. The Morgan fingerprint density at radius 2 is 1.80 bits per heavy atom. The number of hydrogen-bond acceptors (Lipinski definition) is 5. The maximum atomic E-state index is 14.2. The first-order valence-corrected chi connectivity index (χ1v) is 12.3. The van der Waals surface area contributed by atoms with Crippen LogP contribution in [-0.4, -0.2) is 20.7 Å². The summed E-state index contributed by atoms with van der Waals surface area (Å²) in [4.78, 5) is 18.0. The summed E-state index contributed by atoms with van der Waals surface area (Å²) in [6.07, 6.45) is 0. The van der Waals surface area contributed by atoms with Gasteiger partial charge in [0.1, 0.15) is 11.9 Å². The molecule has 3 aromatic carbocycles. The van der Waals surface area contributed by atoms with Crippen LogP contribution in [0.25, 0.3) is 0 Å². The van der Waals surface area contributed by atoms with Gasteiger partial charge in [0.25, 0.3) is 5.91 Å². The molecule has 1 aliphatic rings. The Morgan fingerprint density at radius 1 is 1.09 bits per heavy atom. The second kappa shape index (κ2) is 9.93. The van der Waals surface area contributed by atoms with Crippen LogP contribution in [0.3, 0.4) is 0 Å². The van der Waals surface area contributed by atoms with Crippen molar-refractivity contribution in [2.75, 3.05) is 10.6 Å². The number of aromatic nitrogens is 3. The van der Waals surface area contributed by atoms with Crippen LogP contribution in [0.15, 0.2) is 95.3 Å². The first kappa shape index (κ1) is 23.1. The van der Waals surface area contributed by atoms with E-state index in [1.807, 2.05) is 67.6 Å². The molecule has 2 heterocycles.